The molecule has 0 fully saturated rings. The summed E-state index contributed by atoms with van der Waals surface area (Å²) in [6, 6.07) is 0. The summed E-state index contributed by atoms with van der Waals surface area (Å²) >= 11 is 0. The van der Waals surface area contributed by atoms with Crippen molar-refractivity contribution < 1.29 is 0 Å². The first-order valence-electron chi connectivity index (χ1n) is 4.00. The van der Waals surface area contributed by atoms with E-state index in [1.807, 2.05) is 13.1 Å². The number of nitrogens with two attached hydrogens (primary N) is 1. The third-order valence-electron chi connectivity index (χ3n) is 1.79. The van der Waals surface area contributed by atoms with Crippen molar-refractivity contribution in [2.24, 2.45) is 5.73 Å². The Morgan fingerprint density at radius 2 is 2.36 bits per heavy atom. The Bertz CT molecular complexity index is 227. The molecule has 0 aliphatic rings. The largest absolute Gasteiger partial charge is 0.331 e. The van der Waals surface area contributed by atoms with Gasteiger partial charge in [-0.15, -0.1) is 0 Å². The van der Waals surface area contributed by atoms with Gasteiger partial charge in [-0.3, -0.25) is 0 Å². The van der Waals surface area contributed by atoms with Crippen molar-refractivity contribution in [3.8, 4) is 0 Å². The second kappa shape index (κ2) is 3.53. The van der Waals surface area contributed by atoms with Crippen LogP contribution in [-0.2, 0) is 13.1 Å². The van der Waals surface area contributed by atoms with E-state index in [1.165, 1.54) is 0 Å². The molecule has 2 N–H and O–H groups in total. The number of imidazole rings is 1. The first kappa shape index (κ1) is 8.27. The van der Waals surface area contributed by atoms with Crippen LogP contribution in [0.2, 0.25) is 0 Å². The molecule has 0 aliphatic carbocycles. The molecule has 0 spiro atoms. The second-order valence-electron chi connectivity index (χ2n) is 2.65. The number of aromatic nitrogens is 2. The van der Waals surface area contributed by atoms with Crippen LogP contribution in [0.25, 0.3) is 0 Å². The van der Waals surface area contributed by atoms with Crippen LogP contribution >= 0.6 is 0 Å². The van der Waals surface area contributed by atoms with Gasteiger partial charge in [-0.05, 0) is 13.3 Å². The highest BCUT2D eigenvalue weighted by Gasteiger charge is 2.02. The van der Waals surface area contributed by atoms with Gasteiger partial charge >= 0.3 is 0 Å². The lowest BCUT2D eigenvalue weighted by Gasteiger charge is -2.05. The van der Waals surface area contributed by atoms with Crippen LogP contribution < -0.4 is 5.73 Å². The van der Waals surface area contributed by atoms with Crippen LogP contribution in [0.15, 0.2) is 6.20 Å². The topological polar surface area (TPSA) is 43.8 Å². The van der Waals surface area contributed by atoms with Crippen molar-refractivity contribution in [1.82, 2.24) is 9.55 Å². The van der Waals surface area contributed by atoms with Gasteiger partial charge in [0.05, 0.1) is 5.69 Å². The molecule has 0 unspecified atom stereocenters. The van der Waals surface area contributed by atoms with Crippen LogP contribution in [0.4, 0.5) is 0 Å². The van der Waals surface area contributed by atoms with Gasteiger partial charge in [0.15, 0.2) is 0 Å². The minimum absolute atomic E-state index is 0.584. The van der Waals surface area contributed by atoms with Gasteiger partial charge in [0.25, 0.3) is 0 Å². The lowest BCUT2D eigenvalue weighted by atomic mass is 10.4. The van der Waals surface area contributed by atoms with E-state index in [2.05, 4.69) is 16.5 Å². The zero-order valence-electron chi connectivity index (χ0n) is 7.17. The predicted octanol–water partition coefficient (Wildman–Crippen LogP) is 1.06. The zero-order valence-corrected chi connectivity index (χ0v) is 7.17. The minimum Gasteiger partial charge on any atom is -0.331 e. The SMILES string of the molecule is CCCn1c(CN)cnc1C. The van der Waals surface area contributed by atoms with Crippen LogP contribution in [0, 0.1) is 6.92 Å². The number of nitrogens with zero attached hydrogens (tertiary/aromatic N) is 2. The lowest BCUT2D eigenvalue weighted by Crippen LogP contribution is -2.08. The summed E-state index contributed by atoms with van der Waals surface area (Å²) in [5, 5.41) is 0. The molecule has 0 bridgehead atoms. The quantitative estimate of drug-likeness (QED) is 0.705. The molecule has 1 rings (SSSR count). The highest BCUT2D eigenvalue weighted by atomic mass is 15.1. The molecule has 0 saturated heterocycles. The fourth-order valence-corrected chi connectivity index (χ4v) is 1.21. The Morgan fingerprint density at radius 3 is 2.91 bits per heavy atom. The Morgan fingerprint density at radius 1 is 1.64 bits per heavy atom. The summed E-state index contributed by atoms with van der Waals surface area (Å²) < 4.78 is 2.17. The molecule has 0 atom stereocenters. The second-order valence-corrected chi connectivity index (χ2v) is 2.65. The normalized spacial score (nSPS) is 10.5. The van der Waals surface area contributed by atoms with Crippen molar-refractivity contribution in [1.29, 1.82) is 0 Å². The van der Waals surface area contributed by atoms with Crippen LogP contribution in [0.1, 0.15) is 24.9 Å². The van der Waals surface area contributed by atoms with Gasteiger partial charge < -0.3 is 10.3 Å². The first-order chi connectivity index (χ1) is 5.29. The molecule has 0 radical (unpaired) electrons. The number of rotatable bonds is 3. The molecule has 0 aliphatic heterocycles. The Kier molecular flexibility index (Phi) is 2.65. The van der Waals surface area contributed by atoms with Gasteiger partial charge in [0.2, 0.25) is 0 Å². The third-order valence-corrected chi connectivity index (χ3v) is 1.79. The van der Waals surface area contributed by atoms with Crippen molar-refractivity contribution in [2.45, 2.75) is 33.4 Å². The van der Waals surface area contributed by atoms with Gasteiger partial charge in [0, 0.05) is 19.3 Å². The standard InChI is InChI=1S/C8H15N3/c1-3-4-11-7(2)10-6-8(11)5-9/h6H,3-5,9H2,1-2H3. The molecule has 0 aromatic carbocycles. The third kappa shape index (κ3) is 1.60. The number of hydrogen-bond acceptors (Lipinski definition) is 2. The van der Waals surface area contributed by atoms with Gasteiger partial charge in [0.1, 0.15) is 5.82 Å². The van der Waals surface area contributed by atoms with Crippen molar-refractivity contribution >= 4 is 0 Å². The fourth-order valence-electron chi connectivity index (χ4n) is 1.21. The van der Waals surface area contributed by atoms with E-state index in [0.29, 0.717) is 6.54 Å². The molecular formula is C8H15N3. The van der Waals surface area contributed by atoms with Crippen LogP contribution in [0.5, 0.6) is 0 Å². The van der Waals surface area contributed by atoms with E-state index in [-0.39, 0.29) is 0 Å². The Hall–Kier alpha value is -0.830. The Balaban J connectivity index is 2.88. The summed E-state index contributed by atoms with van der Waals surface area (Å²) in [4.78, 5) is 4.19. The minimum atomic E-state index is 0.584. The highest BCUT2D eigenvalue weighted by Crippen LogP contribution is 2.04. The number of hydrogen-bond donors (Lipinski definition) is 1. The maximum atomic E-state index is 5.53. The fraction of sp³-hybridized carbons (Fsp3) is 0.625. The monoisotopic (exact) mass is 153 g/mol. The summed E-state index contributed by atoms with van der Waals surface area (Å²) in [6.07, 6.45) is 2.98. The molecule has 0 saturated carbocycles. The van der Waals surface area contributed by atoms with Crippen molar-refractivity contribution in [3.05, 3.63) is 17.7 Å². The van der Waals surface area contributed by atoms with Gasteiger partial charge in [-0.25, -0.2) is 4.98 Å². The predicted molar refractivity (Wildman–Crippen MR) is 45.1 cm³/mol. The van der Waals surface area contributed by atoms with E-state index in [1.54, 1.807) is 0 Å². The lowest BCUT2D eigenvalue weighted by molar-refractivity contribution is 0.628. The average Bonchev–Trinajstić information content (AvgIpc) is 2.34. The van der Waals surface area contributed by atoms with E-state index in [0.717, 1.165) is 24.5 Å². The smallest absolute Gasteiger partial charge is 0.105 e. The summed E-state index contributed by atoms with van der Waals surface area (Å²) in [5.41, 5.74) is 6.66. The molecule has 3 heteroatoms. The molecule has 1 aromatic heterocycles. The van der Waals surface area contributed by atoms with E-state index < -0.39 is 0 Å². The first-order valence-corrected chi connectivity index (χ1v) is 4.00. The van der Waals surface area contributed by atoms with Gasteiger partial charge in [-0.2, -0.15) is 0 Å². The molecule has 11 heavy (non-hydrogen) atoms. The maximum absolute atomic E-state index is 5.53. The van der Waals surface area contributed by atoms with E-state index >= 15 is 0 Å². The van der Waals surface area contributed by atoms with Crippen LogP contribution in [0.3, 0.4) is 0 Å². The Labute approximate surface area is 67.2 Å². The molecule has 1 aromatic rings. The van der Waals surface area contributed by atoms with Crippen molar-refractivity contribution in [2.75, 3.05) is 0 Å². The molecule has 62 valence electrons. The molecular weight excluding hydrogens is 138 g/mol. The molecule has 1 heterocycles. The zero-order chi connectivity index (χ0) is 8.27. The van der Waals surface area contributed by atoms with E-state index in [9.17, 15) is 0 Å². The van der Waals surface area contributed by atoms with Crippen LogP contribution in [-0.4, -0.2) is 9.55 Å². The average molecular weight is 153 g/mol. The van der Waals surface area contributed by atoms with E-state index in [4.69, 9.17) is 5.73 Å². The van der Waals surface area contributed by atoms with Gasteiger partial charge in [-0.1, -0.05) is 6.92 Å². The summed E-state index contributed by atoms with van der Waals surface area (Å²) in [6.45, 7) is 5.77. The van der Waals surface area contributed by atoms with Crippen molar-refractivity contribution in [3.63, 3.8) is 0 Å². The summed E-state index contributed by atoms with van der Waals surface area (Å²) in [5.74, 6) is 1.06. The number of aryl methyl sites for hydroxylation is 1. The maximum Gasteiger partial charge on any atom is 0.105 e. The highest BCUT2D eigenvalue weighted by molar-refractivity contribution is 5.03. The summed E-state index contributed by atoms with van der Waals surface area (Å²) in [7, 11) is 0. The molecule has 0 amide bonds. The molecule has 3 nitrogen and oxygen atoms in total.